The molecule has 38 heavy (non-hydrogen) atoms. The molecule has 0 aromatic heterocycles. The van der Waals surface area contributed by atoms with Gasteiger partial charge in [0.15, 0.2) is 0 Å². The smallest absolute Gasteiger partial charge is 0.120 e. The first-order chi connectivity index (χ1) is 18.6. The van der Waals surface area contributed by atoms with E-state index in [1.54, 1.807) is 14.2 Å². The lowest BCUT2D eigenvalue weighted by Crippen LogP contribution is -2.27. The Kier molecular flexibility index (Phi) is 9.94. The first-order valence-electron chi connectivity index (χ1n) is 14.1. The van der Waals surface area contributed by atoms with Crippen LogP contribution in [0.3, 0.4) is 0 Å². The van der Waals surface area contributed by atoms with E-state index >= 15 is 0 Å². The molecular weight excluding hydrogens is 472 g/mol. The van der Waals surface area contributed by atoms with Gasteiger partial charge in [0, 0.05) is 31.4 Å². The molecule has 0 bridgehead atoms. The van der Waals surface area contributed by atoms with Crippen LogP contribution < -0.4 is 19.1 Å². The molecule has 1 aliphatic rings. The second-order valence-corrected chi connectivity index (χ2v) is 10.0. The summed E-state index contributed by atoms with van der Waals surface area (Å²) in [5.74, 6) is 3.26. The van der Waals surface area contributed by atoms with E-state index in [0.717, 1.165) is 69.2 Å². The molecule has 204 valence electrons. The van der Waals surface area contributed by atoms with Crippen LogP contribution in [-0.2, 0) is 19.4 Å². The van der Waals surface area contributed by atoms with Gasteiger partial charge in [0.25, 0.3) is 0 Å². The van der Waals surface area contributed by atoms with Crippen LogP contribution in [0.1, 0.15) is 55.4 Å². The molecule has 0 saturated carbocycles. The molecule has 5 nitrogen and oxygen atoms in total. The first-order valence-corrected chi connectivity index (χ1v) is 14.1. The zero-order chi connectivity index (χ0) is 26.9. The van der Waals surface area contributed by atoms with Gasteiger partial charge in [-0.15, -0.1) is 0 Å². The van der Waals surface area contributed by atoms with Gasteiger partial charge < -0.3 is 24.0 Å². The standard InChI is InChI=1S/C33H44N2O3/c1-6-34(7-2)19-20-38-29-14-9-25(10-15-29)24-35(8-3)33-23-31(37-5)17-18-32(33)28-12-11-27-22-30(36-4)16-13-26(27)21-28/h9-10,13-18,22-23,28H,6-8,11-12,19-21,24H2,1-5H3. The minimum absolute atomic E-state index is 0.479. The second kappa shape index (κ2) is 13.6. The molecule has 0 aliphatic heterocycles. The average Bonchev–Trinajstić information content (AvgIpc) is 2.98. The van der Waals surface area contributed by atoms with E-state index in [9.17, 15) is 0 Å². The van der Waals surface area contributed by atoms with Gasteiger partial charge in [-0.25, -0.2) is 0 Å². The van der Waals surface area contributed by atoms with Crippen LogP contribution in [0.25, 0.3) is 0 Å². The number of aryl methyl sites for hydroxylation is 1. The number of likely N-dealkylation sites (N-methyl/N-ethyl adjacent to an activating group) is 1. The summed E-state index contributed by atoms with van der Waals surface area (Å²) in [5.41, 5.74) is 6.81. The van der Waals surface area contributed by atoms with Gasteiger partial charge in [0.1, 0.15) is 23.9 Å². The van der Waals surface area contributed by atoms with E-state index in [-0.39, 0.29) is 0 Å². The minimum atomic E-state index is 0.479. The fraction of sp³-hybridized carbons (Fsp3) is 0.455. The number of fused-ring (bicyclic) bond motifs is 1. The summed E-state index contributed by atoms with van der Waals surface area (Å²) in [7, 11) is 3.49. The summed E-state index contributed by atoms with van der Waals surface area (Å²) < 4.78 is 17.1. The maximum atomic E-state index is 6.00. The SMILES string of the molecule is CCN(CC)CCOc1ccc(CN(CC)c2cc(OC)ccc2C2CCc3cc(OC)ccc3C2)cc1. The Morgan fingerprint density at radius 1 is 0.763 bits per heavy atom. The zero-order valence-corrected chi connectivity index (χ0v) is 23.8. The normalized spacial score (nSPS) is 14.7. The zero-order valence-electron chi connectivity index (χ0n) is 23.8. The van der Waals surface area contributed by atoms with Crippen molar-refractivity contribution in [3.05, 3.63) is 82.9 Å². The summed E-state index contributed by atoms with van der Waals surface area (Å²) >= 11 is 0. The molecule has 5 heteroatoms. The van der Waals surface area contributed by atoms with Gasteiger partial charge in [-0.3, -0.25) is 0 Å². The molecule has 3 aromatic carbocycles. The number of methoxy groups -OCH3 is 2. The Labute approximate surface area is 229 Å². The van der Waals surface area contributed by atoms with Crippen LogP contribution in [-0.4, -0.2) is 51.9 Å². The van der Waals surface area contributed by atoms with Crippen molar-refractivity contribution in [2.75, 3.05) is 51.9 Å². The van der Waals surface area contributed by atoms with Crippen molar-refractivity contribution in [3.8, 4) is 17.2 Å². The Bertz CT molecular complexity index is 1160. The Hall–Kier alpha value is -3.18. The topological polar surface area (TPSA) is 34.2 Å². The predicted molar refractivity (Wildman–Crippen MR) is 157 cm³/mol. The Morgan fingerprint density at radius 2 is 1.45 bits per heavy atom. The lowest BCUT2D eigenvalue weighted by Gasteiger charge is -2.32. The van der Waals surface area contributed by atoms with Crippen molar-refractivity contribution in [2.24, 2.45) is 0 Å². The van der Waals surface area contributed by atoms with Crippen molar-refractivity contribution >= 4 is 5.69 Å². The van der Waals surface area contributed by atoms with E-state index in [2.05, 4.69) is 91.2 Å². The van der Waals surface area contributed by atoms with Crippen molar-refractivity contribution in [2.45, 2.75) is 52.5 Å². The van der Waals surface area contributed by atoms with Crippen molar-refractivity contribution < 1.29 is 14.2 Å². The minimum Gasteiger partial charge on any atom is -0.497 e. The van der Waals surface area contributed by atoms with E-state index in [4.69, 9.17) is 14.2 Å². The summed E-state index contributed by atoms with van der Waals surface area (Å²) in [6, 6.07) is 21.7. The van der Waals surface area contributed by atoms with Gasteiger partial charge in [-0.1, -0.05) is 38.1 Å². The van der Waals surface area contributed by atoms with E-state index in [0.29, 0.717) is 12.5 Å². The van der Waals surface area contributed by atoms with E-state index in [1.165, 1.54) is 27.9 Å². The molecule has 1 atom stereocenters. The fourth-order valence-corrected chi connectivity index (χ4v) is 5.50. The third-order valence-electron chi connectivity index (χ3n) is 7.91. The number of ether oxygens (including phenoxy) is 3. The lowest BCUT2D eigenvalue weighted by molar-refractivity contribution is 0.223. The molecule has 0 amide bonds. The molecule has 3 aromatic rings. The van der Waals surface area contributed by atoms with Gasteiger partial charge in [-0.05, 0) is 97.8 Å². The molecule has 0 heterocycles. The maximum absolute atomic E-state index is 6.00. The predicted octanol–water partition coefficient (Wildman–Crippen LogP) is 6.72. The third-order valence-corrected chi connectivity index (χ3v) is 7.91. The largest absolute Gasteiger partial charge is 0.497 e. The van der Waals surface area contributed by atoms with Crippen molar-refractivity contribution in [1.82, 2.24) is 4.90 Å². The highest BCUT2D eigenvalue weighted by molar-refractivity contribution is 5.60. The molecular formula is C33H44N2O3. The van der Waals surface area contributed by atoms with Gasteiger partial charge >= 0.3 is 0 Å². The van der Waals surface area contributed by atoms with Gasteiger partial charge in [0.05, 0.1) is 14.2 Å². The highest BCUT2D eigenvalue weighted by Crippen LogP contribution is 2.40. The first kappa shape index (κ1) is 27.8. The lowest BCUT2D eigenvalue weighted by atomic mass is 9.79. The number of hydrogen-bond donors (Lipinski definition) is 0. The number of anilines is 1. The summed E-state index contributed by atoms with van der Waals surface area (Å²) in [6.45, 7) is 12.2. The quantitative estimate of drug-likeness (QED) is 0.252. The van der Waals surface area contributed by atoms with E-state index < -0.39 is 0 Å². The molecule has 1 unspecified atom stereocenters. The van der Waals surface area contributed by atoms with Crippen LogP contribution in [0, 0.1) is 0 Å². The third kappa shape index (κ3) is 6.82. The van der Waals surface area contributed by atoms with Crippen molar-refractivity contribution in [3.63, 3.8) is 0 Å². The summed E-state index contributed by atoms with van der Waals surface area (Å²) in [4.78, 5) is 4.85. The molecule has 0 spiro atoms. The van der Waals surface area contributed by atoms with Crippen LogP contribution in [0.15, 0.2) is 60.7 Å². The molecule has 0 fully saturated rings. The average molecular weight is 517 g/mol. The number of rotatable bonds is 13. The van der Waals surface area contributed by atoms with Gasteiger partial charge in [0.2, 0.25) is 0 Å². The molecule has 0 radical (unpaired) electrons. The number of benzene rings is 3. The van der Waals surface area contributed by atoms with Crippen molar-refractivity contribution in [1.29, 1.82) is 0 Å². The highest BCUT2D eigenvalue weighted by Gasteiger charge is 2.25. The second-order valence-electron chi connectivity index (χ2n) is 10.0. The molecule has 0 saturated heterocycles. The van der Waals surface area contributed by atoms with Crippen LogP contribution in [0.4, 0.5) is 5.69 Å². The van der Waals surface area contributed by atoms with E-state index in [1.807, 2.05) is 0 Å². The molecule has 0 N–H and O–H groups in total. The highest BCUT2D eigenvalue weighted by atomic mass is 16.5. The van der Waals surface area contributed by atoms with Crippen LogP contribution in [0.2, 0.25) is 0 Å². The number of nitrogens with zero attached hydrogens (tertiary/aromatic N) is 2. The Morgan fingerprint density at radius 3 is 2.13 bits per heavy atom. The summed E-state index contributed by atoms with van der Waals surface area (Å²) in [5, 5.41) is 0. The monoisotopic (exact) mass is 516 g/mol. The molecule has 1 aliphatic carbocycles. The van der Waals surface area contributed by atoms with Crippen LogP contribution in [0.5, 0.6) is 17.2 Å². The molecule has 4 rings (SSSR count). The van der Waals surface area contributed by atoms with Gasteiger partial charge in [-0.2, -0.15) is 0 Å². The number of hydrogen-bond acceptors (Lipinski definition) is 5. The summed E-state index contributed by atoms with van der Waals surface area (Å²) in [6.07, 6.45) is 3.26. The fourth-order valence-electron chi connectivity index (χ4n) is 5.50. The van der Waals surface area contributed by atoms with Crippen LogP contribution >= 0.6 is 0 Å². The maximum Gasteiger partial charge on any atom is 0.120 e. The Balaban J connectivity index is 1.49.